The molecule has 0 amide bonds. The Hall–Kier alpha value is -1.69. The van der Waals surface area contributed by atoms with Crippen LogP contribution >= 0.6 is 0 Å². The summed E-state index contributed by atoms with van der Waals surface area (Å²) in [6.45, 7) is 2.31. The maximum Gasteiger partial charge on any atom is 0.387 e. The molecule has 0 unspecified atom stereocenters. The van der Waals surface area contributed by atoms with Gasteiger partial charge in [0.1, 0.15) is 5.75 Å². The van der Waals surface area contributed by atoms with E-state index in [0.29, 0.717) is 30.8 Å². The molecule has 0 atom stereocenters. The van der Waals surface area contributed by atoms with E-state index in [9.17, 15) is 13.6 Å². The fourth-order valence-electron chi connectivity index (χ4n) is 2.52. The van der Waals surface area contributed by atoms with Crippen molar-refractivity contribution in [3.63, 3.8) is 0 Å². The number of aliphatic carboxylic acids is 1. The molecule has 1 aliphatic heterocycles. The largest absolute Gasteiger partial charge is 0.481 e. The van der Waals surface area contributed by atoms with Gasteiger partial charge < -0.3 is 9.84 Å². The smallest absolute Gasteiger partial charge is 0.387 e. The van der Waals surface area contributed by atoms with Crippen LogP contribution in [0.15, 0.2) is 12.1 Å². The van der Waals surface area contributed by atoms with Gasteiger partial charge in [-0.05, 0) is 30.5 Å². The highest BCUT2D eigenvalue weighted by atomic mass is 19.3. The van der Waals surface area contributed by atoms with Crippen LogP contribution in [0.2, 0.25) is 0 Å². The number of rotatable bonds is 5. The van der Waals surface area contributed by atoms with Crippen molar-refractivity contribution >= 4 is 5.97 Å². The molecule has 1 fully saturated rings. The first-order chi connectivity index (χ1) is 9.36. The Balaban J connectivity index is 2.02. The summed E-state index contributed by atoms with van der Waals surface area (Å²) in [4.78, 5) is 12.7. The molecule has 0 saturated carbocycles. The van der Waals surface area contributed by atoms with Crippen molar-refractivity contribution in [1.29, 1.82) is 0 Å². The van der Waals surface area contributed by atoms with Crippen LogP contribution in [0, 0.1) is 19.8 Å². The molecule has 0 radical (unpaired) electrons. The van der Waals surface area contributed by atoms with Crippen molar-refractivity contribution in [2.24, 2.45) is 5.92 Å². The van der Waals surface area contributed by atoms with Crippen LogP contribution in [0.5, 0.6) is 5.75 Å². The molecule has 20 heavy (non-hydrogen) atoms. The molecule has 1 aromatic rings. The minimum Gasteiger partial charge on any atom is -0.481 e. The van der Waals surface area contributed by atoms with Gasteiger partial charge in [-0.25, -0.2) is 0 Å². The third-order valence-corrected chi connectivity index (χ3v) is 3.44. The number of alkyl halides is 2. The van der Waals surface area contributed by atoms with E-state index in [1.165, 1.54) is 0 Å². The summed E-state index contributed by atoms with van der Waals surface area (Å²) in [6, 6.07) is 3.61. The Labute approximate surface area is 116 Å². The minimum absolute atomic E-state index is 0.218. The van der Waals surface area contributed by atoms with E-state index in [2.05, 4.69) is 4.74 Å². The summed E-state index contributed by atoms with van der Waals surface area (Å²) in [5.74, 6) is -0.844. The summed E-state index contributed by atoms with van der Waals surface area (Å²) < 4.78 is 29.1. The fourth-order valence-corrected chi connectivity index (χ4v) is 2.52. The van der Waals surface area contributed by atoms with Gasteiger partial charge in [-0.2, -0.15) is 8.78 Å². The van der Waals surface area contributed by atoms with Gasteiger partial charge in [-0.15, -0.1) is 0 Å². The zero-order valence-corrected chi connectivity index (χ0v) is 11.4. The summed E-state index contributed by atoms with van der Waals surface area (Å²) in [5.41, 5.74) is 2.30. The number of likely N-dealkylation sites (tertiary alicyclic amines) is 1. The first-order valence-corrected chi connectivity index (χ1v) is 6.37. The monoisotopic (exact) mass is 285 g/mol. The summed E-state index contributed by atoms with van der Waals surface area (Å²) in [7, 11) is 0. The minimum atomic E-state index is -2.83. The number of nitrogens with zero attached hydrogens (tertiary/aromatic N) is 1. The molecule has 1 heterocycles. The number of ether oxygens (including phenoxy) is 1. The second-order valence-corrected chi connectivity index (χ2v) is 5.17. The van der Waals surface area contributed by atoms with Crippen LogP contribution in [0.25, 0.3) is 0 Å². The lowest BCUT2D eigenvalue weighted by Crippen LogP contribution is -2.49. The Kier molecular flexibility index (Phi) is 4.23. The quantitative estimate of drug-likeness (QED) is 0.902. The molecular formula is C14H17F2NO3. The summed E-state index contributed by atoms with van der Waals surface area (Å²) in [5, 5.41) is 8.81. The highest BCUT2D eigenvalue weighted by Crippen LogP contribution is 2.28. The van der Waals surface area contributed by atoms with Crippen molar-refractivity contribution in [3.05, 3.63) is 28.8 Å². The van der Waals surface area contributed by atoms with Crippen molar-refractivity contribution in [3.8, 4) is 5.75 Å². The van der Waals surface area contributed by atoms with Crippen LogP contribution in [-0.2, 0) is 11.3 Å². The fraction of sp³-hybridized carbons (Fsp3) is 0.500. The molecule has 0 spiro atoms. The van der Waals surface area contributed by atoms with Crippen LogP contribution < -0.4 is 4.74 Å². The molecule has 1 N–H and O–H groups in total. The van der Waals surface area contributed by atoms with Gasteiger partial charge in [-0.3, -0.25) is 9.69 Å². The third-order valence-electron chi connectivity index (χ3n) is 3.44. The number of hydrogen-bond donors (Lipinski definition) is 1. The lowest BCUT2D eigenvalue weighted by molar-refractivity contribution is -0.147. The Morgan fingerprint density at radius 2 is 1.95 bits per heavy atom. The molecule has 0 bridgehead atoms. The first-order valence-electron chi connectivity index (χ1n) is 6.37. The highest BCUT2D eigenvalue weighted by molar-refractivity contribution is 5.71. The van der Waals surface area contributed by atoms with Gasteiger partial charge >= 0.3 is 12.6 Å². The first kappa shape index (κ1) is 14.7. The van der Waals surface area contributed by atoms with Crippen molar-refractivity contribution in [2.45, 2.75) is 27.0 Å². The number of hydrogen-bond acceptors (Lipinski definition) is 3. The number of carboxylic acids is 1. The SMILES string of the molecule is Cc1cc(CN2CC(C(=O)O)C2)cc(C)c1OC(F)F. The zero-order chi connectivity index (χ0) is 14.9. The number of halogens is 2. The Morgan fingerprint density at radius 3 is 2.40 bits per heavy atom. The van der Waals surface area contributed by atoms with Gasteiger partial charge in [0.2, 0.25) is 0 Å². The molecule has 6 heteroatoms. The molecule has 1 saturated heterocycles. The molecule has 110 valence electrons. The number of aryl methyl sites for hydroxylation is 2. The highest BCUT2D eigenvalue weighted by Gasteiger charge is 2.32. The molecule has 0 aliphatic carbocycles. The lowest BCUT2D eigenvalue weighted by atomic mass is 9.98. The average Bonchev–Trinajstić information content (AvgIpc) is 2.27. The number of carboxylic acid groups (broad SMARTS) is 1. The zero-order valence-electron chi connectivity index (χ0n) is 11.4. The van der Waals surface area contributed by atoms with Crippen molar-refractivity contribution < 1.29 is 23.4 Å². The van der Waals surface area contributed by atoms with E-state index < -0.39 is 12.6 Å². The topological polar surface area (TPSA) is 49.8 Å². The van der Waals surface area contributed by atoms with Crippen molar-refractivity contribution in [2.75, 3.05) is 13.1 Å². The number of carbonyl (C=O) groups is 1. The molecule has 0 aromatic heterocycles. The van der Waals surface area contributed by atoms with Gasteiger partial charge in [-0.1, -0.05) is 12.1 Å². The van der Waals surface area contributed by atoms with Gasteiger partial charge in [0.25, 0.3) is 0 Å². The van der Waals surface area contributed by atoms with Gasteiger partial charge in [0, 0.05) is 19.6 Å². The second-order valence-electron chi connectivity index (χ2n) is 5.17. The van der Waals surface area contributed by atoms with E-state index in [-0.39, 0.29) is 11.7 Å². The van der Waals surface area contributed by atoms with Crippen LogP contribution in [0.1, 0.15) is 16.7 Å². The van der Waals surface area contributed by atoms with E-state index in [0.717, 1.165) is 5.56 Å². The van der Waals surface area contributed by atoms with Gasteiger partial charge in [0.15, 0.2) is 0 Å². The molecular weight excluding hydrogens is 268 g/mol. The average molecular weight is 285 g/mol. The predicted molar refractivity (Wildman–Crippen MR) is 69.0 cm³/mol. The van der Waals surface area contributed by atoms with E-state index >= 15 is 0 Å². The van der Waals surface area contributed by atoms with Crippen LogP contribution in [0.4, 0.5) is 8.78 Å². The number of benzene rings is 1. The predicted octanol–water partition coefficient (Wildman–Crippen LogP) is 2.42. The maximum absolute atomic E-state index is 12.3. The van der Waals surface area contributed by atoms with E-state index in [1.54, 1.807) is 26.0 Å². The Bertz CT molecular complexity index is 490. The molecule has 2 rings (SSSR count). The molecule has 1 aromatic carbocycles. The normalized spacial score (nSPS) is 16.2. The van der Waals surface area contributed by atoms with Crippen LogP contribution in [0.3, 0.4) is 0 Å². The van der Waals surface area contributed by atoms with E-state index in [4.69, 9.17) is 5.11 Å². The van der Waals surface area contributed by atoms with Gasteiger partial charge in [0.05, 0.1) is 5.92 Å². The Morgan fingerprint density at radius 1 is 1.40 bits per heavy atom. The molecule has 1 aliphatic rings. The van der Waals surface area contributed by atoms with Crippen LogP contribution in [-0.4, -0.2) is 35.7 Å². The van der Waals surface area contributed by atoms with E-state index in [1.807, 2.05) is 4.90 Å². The standard InChI is InChI=1S/C14H17F2NO3/c1-8-3-10(4-9(2)12(8)20-14(15)16)5-17-6-11(7-17)13(18)19/h3-4,11,14H,5-7H2,1-2H3,(H,18,19). The third kappa shape index (κ3) is 3.25. The maximum atomic E-state index is 12.3. The second kappa shape index (κ2) is 5.75. The summed E-state index contributed by atoms with van der Waals surface area (Å²) in [6.07, 6.45) is 0. The van der Waals surface area contributed by atoms with Crippen molar-refractivity contribution in [1.82, 2.24) is 4.90 Å². The molecule has 4 nitrogen and oxygen atoms in total. The summed E-state index contributed by atoms with van der Waals surface area (Å²) >= 11 is 0. The lowest BCUT2D eigenvalue weighted by Gasteiger charge is -2.36.